The fourth-order valence-corrected chi connectivity index (χ4v) is 8.21. The van der Waals surface area contributed by atoms with Gasteiger partial charge in [-0.15, -0.1) is 0 Å². The van der Waals surface area contributed by atoms with Crippen LogP contribution in [-0.2, 0) is 14.2 Å². The summed E-state index contributed by atoms with van der Waals surface area (Å²) in [6, 6.07) is 0. The zero-order valence-corrected chi connectivity index (χ0v) is 17.8. The van der Waals surface area contributed by atoms with Gasteiger partial charge in [-0.25, -0.2) is 0 Å². The second kappa shape index (κ2) is 7.59. The van der Waals surface area contributed by atoms with Crippen molar-refractivity contribution < 1.29 is 19.3 Å². The van der Waals surface area contributed by atoms with Crippen LogP contribution in [0.1, 0.15) is 65.2 Å². The molecule has 4 heteroatoms. The fourth-order valence-electron chi connectivity index (χ4n) is 8.21. The molecular formula is C23H40O4. The lowest BCUT2D eigenvalue weighted by Gasteiger charge is -2.62. The Labute approximate surface area is 165 Å². The Morgan fingerprint density at radius 2 is 1.70 bits per heavy atom. The van der Waals surface area contributed by atoms with E-state index in [9.17, 15) is 5.11 Å². The van der Waals surface area contributed by atoms with Gasteiger partial charge in [-0.3, -0.25) is 0 Å². The van der Waals surface area contributed by atoms with Crippen molar-refractivity contribution in [3.63, 3.8) is 0 Å². The van der Waals surface area contributed by atoms with E-state index >= 15 is 0 Å². The lowest BCUT2D eigenvalue weighted by atomic mass is 9.44. The van der Waals surface area contributed by atoms with Gasteiger partial charge >= 0.3 is 0 Å². The monoisotopic (exact) mass is 380 g/mol. The highest BCUT2D eigenvalue weighted by Crippen LogP contribution is 2.67. The van der Waals surface area contributed by atoms with E-state index in [0.29, 0.717) is 30.1 Å². The van der Waals surface area contributed by atoms with Crippen LogP contribution in [0.25, 0.3) is 0 Å². The summed E-state index contributed by atoms with van der Waals surface area (Å²) < 4.78 is 17.1. The van der Waals surface area contributed by atoms with E-state index in [2.05, 4.69) is 13.8 Å². The maximum Gasteiger partial charge on any atom is 0.146 e. The Kier molecular flexibility index (Phi) is 5.66. The summed E-state index contributed by atoms with van der Waals surface area (Å²) in [7, 11) is 3.54. The molecule has 0 saturated heterocycles. The molecule has 0 unspecified atom stereocenters. The molecule has 1 N–H and O–H groups in total. The summed E-state index contributed by atoms with van der Waals surface area (Å²) >= 11 is 0. The fraction of sp³-hybridized carbons (Fsp3) is 1.00. The molecule has 0 amide bonds. The third kappa shape index (κ3) is 3.10. The van der Waals surface area contributed by atoms with Gasteiger partial charge in [-0.1, -0.05) is 13.8 Å². The van der Waals surface area contributed by atoms with Crippen molar-refractivity contribution in [1.82, 2.24) is 0 Å². The highest BCUT2D eigenvalue weighted by molar-refractivity contribution is 5.10. The lowest BCUT2D eigenvalue weighted by molar-refractivity contribution is -0.196. The minimum atomic E-state index is 0.170. The van der Waals surface area contributed by atoms with Crippen LogP contribution < -0.4 is 0 Å². The van der Waals surface area contributed by atoms with Gasteiger partial charge in [0.15, 0.2) is 0 Å². The van der Waals surface area contributed by atoms with E-state index in [0.717, 1.165) is 36.5 Å². The second-order valence-corrected chi connectivity index (χ2v) is 10.5. The zero-order chi connectivity index (χ0) is 19.2. The number of aliphatic hydroxyl groups excluding tert-OH is 1. The van der Waals surface area contributed by atoms with Gasteiger partial charge in [-0.2, -0.15) is 0 Å². The largest absolute Gasteiger partial charge is 0.396 e. The molecule has 4 nitrogen and oxygen atoms in total. The predicted octanol–water partition coefficient (Wildman–Crippen LogP) is 4.25. The number of rotatable bonds is 5. The maximum absolute atomic E-state index is 9.93. The van der Waals surface area contributed by atoms with Crippen LogP contribution >= 0.6 is 0 Å². The first-order valence-corrected chi connectivity index (χ1v) is 11.2. The third-order valence-corrected chi connectivity index (χ3v) is 9.76. The van der Waals surface area contributed by atoms with E-state index in [1.54, 1.807) is 7.11 Å². The maximum atomic E-state index is 9.93. The van der Waals surface area contributed by atoms with Crippen LogP contribution in [0.15, 0.2) is 0 Å². The van der Waals surface area contributed by atoms with Crippen molar-refractivity contribution in [2.45, 2.75) is 77.4 Å². The molecule has 0 bridgehead atoms. The van der Waals surface area contributed by atoms with Gasteiger partial charge in [0.1, 0.15) is 6.79 Å². The lowest BCUT2D eigenvalue weighted by Crippen LogP contribution is -2.57. The molecule has 4 aliphatic rings. The number of fused-ring (bicyclic) bond motifs is 5. The van der Waals surface area contributed by atoms with Gasteiger partial charge in [0.2, 0.25) is 0 Å². The molecule has 4 fully saturated rings. The first-order valence-electron chi connectivity index (χ1n) is 11.2. The number of hydrogen-bond acceptors (Lipinski definition) is 4. The van der Waals surface area contributed by atoms with Crippen molar-refractivity contribution in [2.75, 3.05) is 27.6 Å². The van der Waals surface area contributed by atoms with Crippen molar-refractivity contribution in [3.8, 4) is 0 Å². The van der Waals surface area contributed by atoms with E-state index < -0.39 is 0 Å². The molecule has 0 heterocycles. The van der Waals surface area contributed by atoms with Gasteiger partial charge in [0.05, 0.1) is 12.2 Å². The Bertz CT molecular complexity index is 525. The molecule has 0 spiro atoms. The minimum absolute atomic E-state index is 0.170. The quantitative estimate of drug-likeness (QED) is 0.724. The van der Waals surface area contributed by atoms with E-state index in [-0.39, 0.29) is 12.2 Å². The van der Waals surface area contributed by atoms with Gasteiger partial charge in [0, 0.05) is 20.8 Å². The number of hydrogen-bond donors (Lipinski definition) is 1. The predicted molar refractivity (Wildman–Crippen MR) is 105 cm³/mol. The van der Waals surface area contributed by atoms with E-state index in [1.165, 1.54) is 38.5 Å². The number of ether oxygens (including phenoxy) is 3. The summed E-state index contributed by atoms with van der Waals surface area (Å²) in [5.41, 5.74) is 0.744. The van der Waals surface area contributed by atoms with Crippen molar-refractivity contribution >= 4 is 0 Å². The molecule has 0 aromatic heterocycles. The molecule has 0 radical (unpaired) electrons. The van der Waals surface area contributed by atoms with Crippen LogP contribution in [0.4, 0.5) is 0 Å². The van der Waals surface area contributed by atoms with Crippen molar-refractivity contribution in [2.24, 2.45) is 40.4 Å². The standard InChI is InChI=1S/C23H40O4/c1-22-10-9-19-17(18(22)8-6-16(22)13-24)7-5-15-11-20(27-14-25-3)21(26-4)12-23(15,19)2/h15-21,24H,5-14H2,1-4H3/t15-,16+,17-,18-,19-,20-,21-,22+,23-/m0/s1. The topological polar surface area (TPSA) is 47.9 Å². The second-order valence-electron chi connectivity index (χ2n) is 10.5. The third-order valence-electron chi connectivity index (χ3n) is 9.76. The molecule has 0 aromatic carbocycles. The summed E-state index contributed by atoms with van der Waals surface area (Å²) in [5.74, 6) is 3.74. The SMILES string of the molecule is COCO[C@H]1C[C@@H]2CC[C@@H]3[C@H](CC[C@]4(C)[C@@H](CO)CC[C@@H]34)[C@@]2(C)C[C@@H]1OC. The van der Waals surface area contributed by atoms with Crippen LogP contribution in [0.3, 0.4) is 0 Å². The molecular weight excluding hydrogens is 340 g/mol. The summed E-state index contributed by atoms with van der Waals surface area (Å²) in [6.45, 7) is 5.80. The average Bonchev–Trinajstić information content (AvgIpc) is 3.01. The summed E-state index contributed by atoms with van der Waals surface area (Å²) in [5, 5.41) is 9.93. The van der Waals surface area contributed by atoms with Gasteiger partial charge in [0.25, 0.3) is 0 Å². The molecule has 4 aliphatic carbocycles. The highest BCUT2D eigenvalue weighted by Gasteiger charge is 2.61. The smallest absolute Gasteiger partial charge is 0.146 e. The molecule has 156 valence electrons. The van der Waals surface area contributed by atoms with Crippen LogP contribution in [0.2, 0.25) is 0 Å². The van der Waals surface area contributed by atoms with Crippen molar-refractivity contribution in [1.29, 1.82) is 0 Å². The summed E-state index contributed by atoms with van der Waals surface area (Å²) in [4.78, 5) is 0. The Morgan fingerprint density at radius 3 is 2.41 bits per heavy atom. The first-order chi connectivity index (χ1) is 13.0. The first kappa shape index (κ1) is 20.1. The van der Waals surface area contributed by atoms with Crippen LogP contribution in [-0.4, -0.2) is 44.9 Å². The van der Waals surface area contributed by atoms with Crippen LogP contribution in [0, 0.1) is 40.4 Å². The van der Waals surface area contributed by atoms with Gasteiger partial charge in [-0.05, 0) is 91.8 Å². The van der Waals surface area contributed by atoms with Crippen molar-refractivity contribution in [3.05, 3.63) is 0 Å². The molecule has 4 rings (SSSR count). The van der Waals surface area contributed by atoms with Gasteiger partial charge < -0.3 is 19.3 Å². The Morgan fingerprint density at radius 1 is 0.926 bits per heavy atom. The molecule has 0 aliphatic heterocycles. The molecule has 27 heavy (non-hydrogen) atoms. The zero-order valence-electron chi connectivity index (χ0n) is 17.8. The molecule has 0 aromatic rings. The minimum Gasteiger partial charge on any atom is -0.396 e. The Balaban J connectivity index is 1.55. The number of aliphatic hydroxyl groups is 1. The average molecular weight is 381 g/mol. The van der Waals surface area contributed by atoms with E-state index in [1.807, 2.05) is 7.11 Å². The van der Waals surface area contributed by atoms with Crippen LogP contribution in [0.5, 0.6) is 0 Å². The number of methoxy groups -OCH3 is 2. The molecule has 4 saturated carbocycles. The van der Waals surface area contributed by atoms with E-state index in [4.69, 9.17) is 14.2 Å². The summed E-state index contributed by atoms with van der Waals surface area (Å²) in [6.07, 6.45) is 10.5. The molecule has 9 atom stereocenters. The normalized spacial score (nSPS) is 52.1. The Hall–Kier alpha value is -0.160. The highest BCUT2D eigenvalue weighted by atomic mass is 16.7.